The quantitative estimate of drug-likeness (QED) is 0.934. The van der Waals surface area contributed by atoms with E-state index in [1.807, 2.05) is 31.4 Å². The summed E-state index contributed by atoms with van der Waals surface area (Å²) >= 11 is 6.08. The highest BCUT2D eigenvalue weighted by atomic mass is 35.5. The molecule has 1 N–H and O–H groups in total. The number of halogens is 1. The van der Waals surface area contributed by atoms with Crippen LogP contribution in [0.4, 0.5) is 0 Å². The van der Waals surface area contributed by atoms with Gasteiger partial charge in [-0.05, 0) is 43.0 Å². The molecular weight excluding hydrogens is 282 g/mol. The molecule has 0 saturated carbocycles. The van der Waals surface area contributed by atoms with E-state index < -0.39 is 0 Å². The zero-order valence-corrected chi connectivity index (χ0v) is 13.6. The van der Waals surface area contributed by atoms with Gasteiger partial charge in [0.15, 0.2) is 0 Å². The second-order valence-corrected chi connectivity index (χ2v) is 7.16. The molecule has 1 aliphatic rings. The van der Waals surface area contributed by atoms with Crippen LogP contribution in [0.25, 0.3) is 0 Å². The molecule has 0 fully saturated rings. The van der Waals surface area contributed by atoms with E-state index in [1.165, 1.54) is 16.8 Å². The number of hydrogen-bond acceptors (Lipinski definition) is 2. The summed E-state index contributed by atoms with van der Waals surface area (Å²) in [7, 11) is 2.03. The normalized spacial score (nSPS) is 20.3. The van der Waals surface area contributed by atoms with Gasteiger partial charge in [0.1, 0.15) is 0 Å². The third kappa shape index (κ3) is 2.99. The number of nitrogens with one attached hydrogen (secondary N) is 1. The van der Waals surface area contributed by atoms with Crippen molar-refractivity contribution in [2.45, 2.75) is 39.3 Å². The van der Waals surface area contributed by atoms with E-state index in [1.54, 1.807) is 0 Å². The fourth-order valence-electron chi connectivity index (χ4n) is 3.30. The summed E-state index contributed by atoms with van der Waals surface area (Å²) in [6.45, 7) is 5.44. The molecule has 3 nitrogen and oxygen atoms in total. The van der Waals surface area contributed by atoms with Gasteiger partial charge in [-0.15, -0.1) is 0 Å². The average Bonchev–Trinajstić information content (AvgIpc) is 2.80. The molecule has 21 heavy (non-hydrogen) atoms. The largest absolute Gasteiger partial charge is 0.313 e. The molecule has 1 unspecified atom stereocenters. The highest BCUT2D eigenvalue weighted by Gasteiger charge is 2.34. The summed E-state index contributed by atoms with van der Waals surface area (Å²) in [5.41, 5.74) is 4.19. The average molecular weight is 304 g/mol. The minimum Gasteiger partial charge on any atom is -0.313 e. The number of benzene rings is 1. The molecule has 112 valence electrons. The first-order valence-corrected chi connectivity index (χ1v) is 7.82. The lowest BCUT2D eigenvalue weighted by molar-refractivity contribution is 0.258. The summed E-state index contributed by atoms with van der Waals surface area (Å²) < 4.78 is 2.13. The molecule has 0 radical (unpaired) electrons. The Morgan fingerprint density at radius 3 is 2.95 bits per heavy atom. The molecule has 0 spiro atoms. The highest BCUT2D eigenvalue weighted by Crippen LogP contribution is 2.40. The van der Waals surface area contributed by atoms with E-state index in [0.29, 0.717) is 11.5 Å². The van der Waals surface area contributed by atoms with Crippen LogP contribution in [0.2, 0.25) is 5.02 Å². The molecule has 1 atom stereocenters. The van der Waals surface area contributed by atoms with E-state index in [4.69, 9.17) is 11.6 Å². The zero-order chi connectivity index (χ0) is 15.0. The third-order valence-electron chi connectivity index (χ3n) is 4.33. The van der Waals surface area contributed by atoms with Gasteiger partial charge in [0, 0.05) is 22.3 Å². The second kappa shape index (κ2) is 5.47. The minimum atomic E-state index is 0.298. The maximum absolute atomic E-state index is 6.08. The van der Waals surface area contributed by atoms with Gasteiger partial charge in [-0.25, -0.2) is 0 Å². The molecule has 0 aliphatic heterocycles. The van der Waals surface area contributed by atoms with Crippen LogP contribution in [-0.4, -0.2) is 16.8 Å². The Balaban J connectivity index is 1.94. The van der Waals surface area contributed by atoms with Crippen molar-refractivity contribution in [3.63, 3.8) is 0 Å². The van der Waals surface area contributed by atoms with Crippen LogP contribution in [0, 0.1) is 5.41 Å². The smallest absolute Gasteiger partial charge is 0.0663 e. The Morgan fingerprint density at radius 1 is 1.43 bits per heavy atom. The summed E-state index contributed by atoms with van der Waals surface area (Å²) in [5.74, 6) is 0. The Bertz CT molecular complexity index is 645. The van der Waals surface area contributed by atoms with Crippen molar-refractivity contribution in [2.24, 2.45) is 5.41 Å². The number of aromatic nitrogens is 2. The molecule has 1 heterocycles. The van der Waals surface area contributed by atoms with Crippen molar-refractivity contribution < 1.29 is 0 Å². The van der Waals surface area contributed by atoms with Crippen LogP contribution in [0.1, 0.15) is 43.1 Å². The van der Waals surface area contributed by atoms with E-state index in [0.717, 1.165) is 24.4 Å². The van der Waals surface area contributed by atoms with Crippen molar-refractivity contribution in [1.29, 1.82) is 0 Å². The summed E-state index contributed by atoms with van der Waals surface area (Å²) in [5, 5.41) is 8.83. The molecule has 1 aliphatic carbocycles. The summed E-state index contributed by atoms with van der Waals surface area (Å²) in [6, 6.07) is 8.41. The van der Waals surface area contributed by atoms with Crippen molar-refractivity contribution in [1.82, 2.24) is 15.1 Å². The number of nitrogens with zero attached hydrogens (tertiary/aromatic N) is 2. The Labute approximate surface area is 131 Å². The fourth-order valence-corrected chi connectivity index (χ4v) is 3.51. The third-order valence-corrected chi connectivity index (χ3v) is 4.56. The first-order valence-electron chi connectivity index (χ1n) is 7.45. The van der Waals surface area contributed by atoms with Crippen molar-refractivity contribution in [2.75, 3.05) is 7.05 Å². The predicted molar refractivity (Wildman–Crippen MR) is 86.7 cm³/mol. The van der Waals surface area contributed by atoms with Crippen molar-refractivity contribution >= 4 is 11.6 Å². The van der Waals surface area contributed by atoms with Gasteiger partial charge in [0.2, 0.25) is 0 Å². The van der Waals surface area contributed by atoms with Crippen LogP contribution < -0.4 is 5.32 Å². The van der Waals surface area contributed by atoms with Crippen molar-refractivity contribution in [3.8, 4) is 0 Å². The Morgan fingerprint density at radius 2 is 2.24 bits per heavy atom. The van der Waals surface area contributed by atoms with Gasteiger partial charge in [0.05, 0.1) is 12.7 Å². The van der Waals surface area contributed by atoms with Crippen LogP contribution in [0.15, 0.2) is 30.5 Å². The summed E-state index contributed by atoms with van der Waals surface area (Å²) in [6.07, 6.45) is 4.25. The van der Waals surface area contributed by atoms with E-state index >= 15 is 0 Å². The molecule has 1 aromatic heterocycles. The standard InChI is InChI=1S/C17H22ClN3/c1-17(2)8-15(19-3)14-10-20-21(16(14)9-17)11-12-5-4-6-13(18)7-12/h4-7,10,15,19H,8-9,11H2,1-3H3. The minimum absolute atomic E-state index is 0.298. The van der Waals surface area contributed by atoms with Crippen molar-refractivity contribution in [3.05, 3.63) is 52.3 Å². The molecule has 3 rings (SSSR count). The topological polar surface area (TPSA) is 29.9 Å². The highest BCUT2D eigenvalue weighted by molar-refractivity contribution is 6.30. The van der Waals surface area contributed by atoms with Gasteiger partial charge in [-0.1, -0.05) is 37.6 Å². The van der Waals surface area contributed by atoms with Gasteiger partial charge >= 0.3 is 0 Å². The lowest BCUT2D eigenvalue weighted by Gasteiger charge is -2.35. The van der Waals surface area contributed by atoms with Gasteiger partial charge < -0.3 is 5.32 Å². The molecule has 0 bridgehead atoms. The molecule has 0 saturated heterocycles. The molecule has 4 heteroatoms. The molecule has 2 aromatic rings. The predicted octanol–water partition coefficient (Wildman–Crippen LogP) is 3.82. The number of hydrogen-bond donors (Lipinski definition) is 1. The summed E-state index contributed by atoms with van der Waals surface area (Å²) in [4.78, 5) is 0. The fraction of sp³-hybridized carbons (Fsp3) is 0.471. The lowest BCUT2D eigenvalue weighted by atomic mass is 9.74. The molecule has 1 aromatic carbocycles. The molecular formula is C17H22ClN3. The maximum atomic E-state index is 6.08. The van der Waals surface area contributed by atoms with Gasteiger partial charge in [-0.2, -0.15) is 5.10 Å². The number of fused-ring (bicyclic) bond motifs is 1. The Hall–Kier alpha value is -1.32. The lowest BCUT2D eigenvalue weighted by Crippen LogP contribution is -2.32. The van der Waals surface area contributed by atoms with E-state index in [-0.39, 0.29) is 0 Å². The van der Waals surface area contributed by atoms with E-state index in [2.05, 4.69) is 35.0 Å². The van der Waals surface area contributed by atoms with Crippen LogP contribution in [0.3, 0.4) is 0 Å². The Kier molecular flexibility index (Phi) is 3.80. The van der Waals surface area contributed by atoms with Gasteiger partial charge in [-0.3, -0.25) is 4.68 Å². The van der Waals surface area contributed by atoms with Crippen LogP contribution >= 0.6 is 11.6 Å². The maximum Gasteiger partial charge on any atom is 0.0663 e. The van der Waals surface area contributed by atoms with E-state index in [9.17, 15) is 0 Å². The first-order chi connectivity index (χ1) is 9.98. The second-order valence-electron chi connectivity index (χ2n) is 6.72. The van der Waals surface area contributed by atoms with Crippen LogP contribution in [-0.2, 0) is 13.0 Å². The zero-order valence-electron chi connectivity index (χ0n) is 12.9. The molecule has 0 amide bonds. The monoisotopic (exact) mass is 303 g/mol. The SMILES string of the molecule is CNC1CC(C)(C)Cc2c1cnn2Cc1cccc(Cl)c1. The van der Waals surface area contributed by atoms with Gasteiger partial charge in [0.25, 0.3) is 0 Å². The van der Waals surface area contributed by atoms with Crippen LogP contribution in [0.5, 0.6) is 0 Å². The number of rotatable bonds is 3. The first kappa shape index (κ1) is 14.6.